The van der Waals surface area contributed by atoms with Crippen molar-refractivity contribution in [2.24, 2.45) is 0 Å². The normalized spacial score (nSPS) is 12.3. The number of aliphatic carboxylic acids is 1. The van der Waals surface area contributed by atoms with Crippen LogP contribution in [-0.4, -0.2) is 27.2 Å². The van der Waals surface area contributed by atoms with Crippen molar-refractivity contribution < 1.29 is 14.6 Å². The second-order valence-corrected chi connectivity index (χ2v) is 6.67. The lowest BCUT2D eigenvalue weighted by molar-refractivity contribution is -0.137. The molecule has 1 heterocycles. The minimum Gasteiger partial charge on any atom is -0.494 e. The smallest absolute Gasteiger partial charge is 0.305 e. The Labute approximate surface area is 157 Å². The standard InChI is InChI=1S/C20H21ClN2O3/c1-3-26-16-7-4-14(5-8-16)11-19-22-17-12-15(21)6-9-18(17)23(19)13(2)10-20(24)25/h4-9,12-13H,3,10-11H2,1-2H3,(H,24,25). The Morgan fingerprint density at radius 2 is 2.00 bits per heavy atom. The number of aromatic nitrogens is 2. The first kappa shape index (κ1) is 18.3. The van der Waals surface area contributed by atoms with Gasteiger partial charge in [-0.3, -0.25) is 4.79 Å². The summed E-state index contributed by atoms with van der Waals surface area (Å²) in [6.45, 7) is 4.47. The van der Waals surface area contributed by atoms with Crippen LogP contribution in [0.2, 0.25) is 5.02 Å². The number of halogens is 1. The molecule has 0 aliphatic rings. The van der Waals surface area contributed by atoms with Crippen molar-refractivity contribution in [1.82, 2.24) is 9.55 Å². The van der Waals surface area contributed by atoms with Gasteiger partial charge in [-0.25, -0.2) is 4.98 Å². The highest BCUT2D eigenvalue weighted by molar-refractivity contribution is 6.31. The highest BCUT2D eigenvalue weighted by Gasteiger charge is 2.18. The Hall–Kier alpha value is -2.53. The molecule has 136 valence electrons. The van der Waals surface area contributed by atoms with Crippen molar-refractivity contribution in [2.75, 3.05) is 6.61 Å². The SMILES string of the molecule is CCOc1ccc(Cc2nc3cc(Cl)ccc3n2C(C)CC(=O)O)cc1. The summed E-state index contributed by atoms with van der Waals surface area (Å²) in [5, 5.41) is 9.80. The average molecular weight is 373 g/mol. The molecule has 1 N–H and O–H groups in total. The Kier molecular flexibility index (Phi) is 5.47. The predicted molar refractivity (Wildman–Crippen MR) is 102 cm³/mol. The van der Waals surface area contributed by atoms with Gasteiger partial charge in [0.2, 0.25) is 0 Å². The summed E-state index contributed by atoms with van der Waals surface area (Å²) < 4.78 is 7.47. The van der Waals surface area contributed by atoms with E-state index in [1.165, 1.54) is 0 Å². The molecule has 0 bridgehead atoms. The quantitative estimate of drug-likeness (QED) is 0.652. The van der Waals surface area contributed by atoms with Crippen LogP contribution in [-0.2, 0) is 11.2 Å². The first-order valence-corrected chi connectivity index (χ1v) is 8.95. The van der Waals surface area contributed by atoms with Crippen molar-refractivity contribution >= 4 is 28.6 Å². The second-order valence-electron chi connectivity index (χ2n) is 6.23. The lowest BCUT2D eigenvalue weighted by atomic mass is 10.1. The summed E-state index contributed by atoms with van der Waals surface area (Å²) in [5.41, 5.74) is 2.75. The maximum atomic E-state index is 11.2. The highest BCUT2D eigenvalue weighted by Crippen LogP contribution is 2.27. The zero-order valence-electron chi connectivity index (χ0n) is 14.8. The van der Waals surface area contributed by atoms with Crippen molar-refractivity contribution in [3.05, 3.63) is 58.9 Å². The number of fused-ring (bicyclic) bond motifs is 1. The Bertz CT molecular complexity index is 919. The molecule has 1 aromatic heterocycles. The number of carboxylic acid groups (broad SMARTS) is 1. The molecule has 0 spiro atoms. The summed E-state index contributed by atoms with van der Waals surface area (Å²) >= 11 is 6.09. The van der Waals surface area contributed by atoms with Crippen LogP contribution in [0.4, 0.5) is 0 Å². The molecular weight excluding hydrogens is 352 g/mol. The third kappa shape index (κ3) is 3.99. The second kappa shape index (κ2) is 7.79. The Morgan fingerprint density at radius 3 is 2.65 bits per heavy atom. The molecule has 2 aromatic carbocycles. The van der Waals surface area contributed by atoms with E-state index in [1.54, 1.807) is 6.07 Å². The van der Waals surface area contributed by atoms with Crippen molar-refractivity contribution in [1.29, 1.82) is 0 Å². The monoisotopic (exact) mass is 372 g/mol. The van der Waals surface area contributed by atoms with Crippen LogP contribution in [0.1, 0.15) is 37.7 Å². The van der Waals surface area contributed by atoms with Crippen LogP contribution in [0.3, 0.4) is 0 Å². The third-order valence-electron chi connectivity index (χ3n) is 4.23. The fraction of sp³-hybridized carbons (Fsp3) is 0.300. The molecule has 3 aromatic rings. The zero-order chi connectivity index (χ0) is 18.7. The van der Waals surface area contributed by atoms with Crippen LogP contribution in [0, 0.1) is 0 Å². The van der Waals surface area contributed by atoms with Gasteiger partial charge in [0.25, 0.3) is 0 Å². The molecule has 0 aliphatic heterocycles. The Morgan fingerprint density at radius 1 is 1.27 bits per heavy atom. The molecule has 0 saturated carbocycles. The molecule has 0 radical (unpaired) electrons. The van der Waals surface area contributed by atoms with Crippen LogP contribution < -0.4 is 4.74 Å². The number of benzene rings is 2. The fourth-order valence-corrected chi connectivity index (χ4v) is 3.30. The van der Waals surface area contributed by atoms with E-state index in [0.717, 1.165) is 28.2 Å². The van der Waals surface area contributed by atoms with Gasteiger partial charge in [-0.15, -0.1) is 0 Å². The largest absolute Gasteiger partial charge is 0.494 e. The van der Waals surface area contributed by atoms with Crippen molar-refractivity contribution in [3.63, 3.8) is 0 Å². The summed E-state index contributed by atoms with van der Waals surface area (Å²) in [4.78, 5) is 15.9. The number of nitrogens with zero attached hydrogens (tertiary/aromatic N) is 2. The minimum atomic E-state index is -0.833. The molecule has 0 aliphatic carbocycles. The van der Waals surface area contributed by atoms with Gasteiger partial charge in [0.05, 0.1) is 24.1 Å². The number of carbonyl (C=O) groups is 1. The topological polar surface area (TPSA) is 64.4 Å². The number of carboxylic acids is 1. The first-order valence-electron chi connectivity index (χ1n) is 8.57. The van der Waals surface area contributed by atoms with E-state index in [9.17, 15) is 9.90 Å². The molecule has 1 atom stereocenters. The molecule has 3 rings (SSSR count). The fourth-order valence-electron chi connectivity index (χ4n) is 3.14. The maximum absolute atomic E-state index is 11.2. The first-order chi connectivity index (χ1) is 12.5. The van der Waals surface area contributed by atoms with E-state index in [2.05, 4.69) is 0 Å². The van der Waals surface area contributed by atoms with Crippen LogP contribution in [0.25, 0.3) is 11.0 Å². The van der Waals surface area contributed by atoms with Crippen LogP contribution in [0.5, 0.6) is 5.75 Å². The molecular formula is C20H21ClN2O3. The Balaban J connectivity index is 1.99. The van der Waals surface area contributed by atoms with Crippen LogP contribution >= 0.6 is 11.6 Å². The van der Waals surface area contributed by atoms with Crippen LogP contribution in [0.15, 0.2) is 42.5 Å². The molecule has 6 heteroatoms. The molecule has 0 saturated heterocycles. The van der Waals surface area contributed by atoms with E-state index < -0.39 is 5.97 Å². The van der Waals surface area contributed by atoms with Gasteiger partial charge in [-0.05, 0) is 49.7 Å². The van der Waals surface area contributed by atoms with E-state index in [0.29, 0.717) is 18.1 Å². The number of ether oxygens (including phenoxy) is 1. The molecule has 0 amide bonds. The van der Waals surface area contributed by atoms with Gasteiger partial charge >= 0.3 is 5.97 Å². The van der Waals surface area contributed by atoms with Gasteiger partial charge in [-0.1, -0.05) is 23.7 Å². The van der Waals surface area contributed by atoms with Crippen molar-refractivity contribution in [2.45, 2.75) is 32.7 Å². The van der Waals surface area contributed by atoms with Gasteiger partial charge in [0.1, 0.15) is 11.6 Å². The summed E-state index contributed by atoms with van der Waals surface area (Å²) in [5.74, 6) is 0.816. The van der Waals surface area contributed by atoms with E-state index >= 15 is 0 Å². The number of hydrogen-bond acceptors (Lipinski definition) is 3. The van der Waals surface area contributed by atoms with Gasteiger partial charge in [-0.2, -0.15) is 0 Å². The summed E-state index contributed by atoms with van der Waals surface area (Å²) in [6, 6.07) is 13.2. The summed E-state index contributed by atoms with van der Waals surface area (Å²) in [7, 11) is 0. The molecule has 26 heavy (non-hydrogen) atoms. The lowest BCUT2D eigenvalue weighted by Crippen LogP contribution is -2.13. The van der Waals surface area contributed by atoms with Crippen molar-refractivity contribution in [3.8, 4) is 5.75 Å². The number of rotatable bonds is 7. The highest BCUT2D eigenvalue weighted by atomic mass is 35.5. The lowest BCUT2D eigenvalue weighted by Gasteiger charge is -2.16. The maximum Gasteiger partial charge on any atom is 0.305 e. The van der Waals surface area contributed by atoms with E-state index in [1.807, 2.05) is 54.8 Å². The predicted octanol–water partition coefficient (Wildman–Crippen LogP) is 4.71. The molecule has 1 unspecified atom stereocenters. The van der Waals surface area contributed by atoms with Gasteiger partial charge in [0, 0.05) is 17.5 Å². The molecule has 0 fully saturated rings. The third-order valence-corrected chi connectivity index (χ3v) is 4.47. The van der Waals surface area contributed by atoms with E-state index in [-0.39, 0.29) is 12.5 Å². The zero-order valence-corrected chi connectivity index (χ0v) is 15.5. The number of imidazole rings is 1. The van der Waals surface area contributed by atoms with E-state index in [4.69, 9.17) is 21.3 Å². The summed E-state index contributed by atoms with van der Waals surface area (Å²) in [6.07, 6.45) is 0.632. The minimum absolute atomic E-state index is 0.0321. The molecule has 5 nitrogen and oxygen atoms in total. The number of hydrogen-bond donors (Lipinski definition) is 1. The average Bonchev–Trinajstić information content (AvgIpc) is 2.93. The van der Waals surface area contributed by atoms with Gasteiger partial charge in [0.15, 0.2) is 0 Å². The van der Waals surface area contributed by atoms with Gasteiger partial charge < -0.3 is 14.4 Å².